The molecule has 64 heavy (non-hydrogen) atoms. The topological polar surface area (TPSA) is 196 Å². The van der Waals surface area contributed by atoms with E-state index in [1.165, 1.54) is 7.11 Å². The maximum atomic E-state index is 14.6. The van der Waals surface area contributed by atoms with Gasteiger partial charge >= 0.3 is 0 Å². The molecule has 3 aromatic heterocycles. The maximum Gasteiger partial charge on any atom is 0.264 e. The van der Waals surface area contributed by atoms with E-state index in [9.17, 15) is 28.4 Å². The van der Waals surface area contributed by atoms with Gasteiger partial charge in [0.2, 0.25) is 17.8 Å². The Balaban J connectivity index is 0.724. The number of amides is 5. The zero-order chi connectivity index (χ0) is 44.6. The minimum atomic E-state index is -1.13. The van der Waals surface area contributed by atoms with E-state index in [2.05, 4.69) is 54.2 Å². The number of imide groups is 2. The Morgan fingerprint density at radius 3 is 2.53 bits per heavy atom. The highest BCUT2D eigenvalue weighted by molar-refractivity contribution is 6.25. The van der Waals surface area contributed by atoms with E-state index in [4.69, 9.17) is 9.47 Å². The van der Waals surface area contributed by atoms with Crippen LogP contribution in [0.1, 0.15) is 89.5 Å². The van der Waals surface area contributed by atoms with Crippen LogP contribution in [0.25, 0.3) is 10.9 Å². The highest BCUT2D eigenvalue weighted by atomic mass is 19.1. The van der Waals surface area contributed by atoms with Gasteiger partial charge in [-0.2, -0.15) is 4.98 Å². The minimum absolute atomic E-state index is 0.00996. The predicted molar refractivity (Wildman–Crippen MR) is 235 cm³/mol. The number of rotatable bonds is 14. The van der Waals surface area contributed by atoms with Crippen molar-refractivity contribution in [3.8, 4) is 0 Å². The Bertz CT molecular complexity index is 2450. The second kappa shape index (κ2) is 18.2. The standard InChI is InChI=1S/C45H54FN11O7/c1-26(2)56-24-31(30-21-48-38(20-35(30)56)50-37-10-14-47-45(51-37)54-18-13-36(63-3)32(46)25-54)41(59)49-27-11-16-53(17-12-27)15-5-19-64-28-22-55(23-28)33-7-4-6-29-40(33)44(62)57(43(29)61)34-8-9-39(58)52-42(34)60/h4,6-7,10,14,20-21,24,26-28,32,34,36H,5,8-9,11-13,15-19,22-23,25H2,1-3H3,(H,49,59)(H,52,58,60)(H,47,48,50,51)/t32-,34?,36+/m0/s1. The first kappa shape index (κ1) is 43.2. The number of methoxy groups -OCH3 is 1. The molecule has 5 aliphatic heterocycles. The normalized spacial score (nSPS) is 22.3. The Morgan fingerprint density at radius 2 is 1.78 bits per heavy atom. The third kappa shape index (κ3) is 8.63. The summed E-state index contributed by atoms with van der Waals surface area (Å²) in [6.07, 6.45) is 6.95. The van der Waals surface area contributed by atoms with Crippen LogP contribution in [0, 0.1) is 0 Å². The number of anilines is 4. The third-order valence-electron chi connectivity index (χ3n) is 13.0. The van der Waals surface area contributed by atoms with Crippen molar-refractivity contribution in [3.63, 3.8) is 0 Å². The number of alkyl halides is 1. The molecule has 5 aliphatic rings. The molecule has 0 radical (unpaired) electrons. The van der Waals surface area contributed by atoms with Crippen molar-refractivity contribution in [2.24, 2.45) is 0 Å². The van der Waals surface area contributed by atoms with E-state index < -0.39 is 41.9 Å². The second-order valence-corrected chi connectivity index (χ2v) is 17.5. The van der Waals surface area contributed by atoms with Gasteiger partial charge in [-0.3, -0.25) is 34.2 Å². The molecule has 4 aromatic rings. The highest BCUT2D eigenvalue weighted by Gasteiger charge is 2.47. The second-order valence-electron chi connectivity index (χ2n) is 17.5. The number of nitrogens with zero attached hydrogens (tertiary/aromatic N) is 8. The molecule has 0 saturated carbocycles. The van der Waals surface area contributed by atoms with Crippen LogP contribution in [0.3, 0.4) is 0 Å². The average molecular weight is 880 g/mol. The Morgan fingerprint density at radius 1 is 0.969 bits per heavy atom. The van der Waals surface area contributed by atoms with Crippen LogP contribution in [0.15, 0.2) is 48.9 Å². The summed E-state index contributed by atoms with van der Waals surface area (Å²) in [6, 6.07) is 7.94. The van der Waals surface area contributed by atoms with Gasteiger partial charge in [-0.15, -0.1) is 0 Å². The van der Waals surface area contributed by atoms with Crippen LogP contribution in [0.5, 0.6) is 0 Å². The number of nitrogens with one attached hydrogen (secondary N) is 3. The molecule has 19 heteroatoms. The molecule has 5 amide bonds. The third-order valence-corrected chi connectivity index (χ3v) is 13.0. The van der Waals surface area contributed by atoms with E-state index in [1.54, 1.807) is 30.6 Å². The molecule has 0 aliphatic carbocycles. The summed E-state index contributed by atoms with van der Waals surface area (Å²) in [5.74, 6) is -0.663. The number of likely N-dealkylation sites (tertiary alicyclic amines) is 1. The van der Waals surface area contributed by atoms with E-state index in [-0.39, 0.29) is 49.0 Å². The van der Waals surface area contributed by atoms with Crippen molar-refractivity contribution >= 4 is 63.7 Å². The molecule has 0 bridgehead atoms. The number of hydrogen-bond donors (Lipinski definition) is 3. The molecule has 9 rings (SSSR count). The van der Waals surface area contributed by atoms with Crippen LogP contribution >= 0.6 is 0 Å². The smallest absolute Gasteiger partial charge is 0.264 e. The molecule has 338 valence electrons. The predicted octanol–water partition coefficient (Wildman–Crippen LogP) is 3.60. The van der Waals surface area contributed by atoms with Crippen molar-refractivity contribution in [1.82, 2.24) is 40.0 Å². The van der Waals surface area contributed by atoms with Gasteiger partial charge in [0.1, 0.15) is 23.8 Å². The first-order valence-corrected chi connectivity index (χ1v) is 22.2. The maximum absolute atomic E-state index is 14.6. The van der Waals surface area contributed by atoms with E-state index in [1.807, 2.05) is 28.1 Å². The van der Waals surface area contributed by atoms with E-state index in [0.29, 0.717) is 67.1 Å². The lowest BCUT2D eigenvalue weighted by Gasteiger charge is -2.41. The largest absolute Gasteiger partial charge is 0.378 e. The van der Waals surface area contributed by atoms with Crippen molar-refractivity contribution in [2.75, 3.05) is 74.6 Å². The van der Waals surface area contributed by atoms with Gasteiger partial charge < -0.3 is 39.4 Å². The van der Waals surface area contributed by atoms with E-state index >= 15 is 0 Å². The van der Waals surface area contributed by atoms with E-state index in [0.717, 1.165) is 54.7 Å². The molecule has 4 saturated heterocycles. The van der Waals surface area contributed by atoms with Crippen molar-refractivity contribution in [1.29, 1.82) is 0 Å². The molecule has 3 N–H and O–H groups in total. The summed E-state index contributed by atoms with van der Waals surface area (Å²) < 4.78 is 28.1. The monoisotopic (exact) mass is 879 g/mol. The number of hydrogen-bond acceptors (Lipinski definition) is 14. The number of aromatic nitrogens is 4. The molecule has 0 spiro atoms. The quantitative estimate of drug-likeness (QED) is 0.123. The Labute approximate surface area is 369 Å². The van der Waals surface area contributed by atoms with Gasteiger partial charge in [0.15, 0.2) is 0 Å². The van der Waals surface area contributed by atoms with Gasteiger partial charge in [0.05, 0.1) is 46.6 Å². The van der Waals surface area contributed by atoms with Gasteiger partial charge in [-0.1, -0.05) is 6.07 Å². The van der Waals surface area contributed by atoms with Crippen molar-refractivity contribution in [2.45, 2.75) is 88.9 Å². The van der Waals surface area contributed by atoms with Crippen LogP contribution in [0.4, 0.5) is 27.7 Å². The van der Waals surface area contributed by atoms with Crippen molar-refractivity contribution < 1.29 is 37.8 Å². The lowest BCUT2D eigenvalue weighted by atomic mass is 10.0. The lowest BCUT2D eigenvalue weighted by Crippen LogP contribution is -2.54. The number of fused-ring (bicyclic) bond motifs is 2. The number of carbonyl (C=O) groups excluding carboxylic acids is 5. The number of benzene rings is 1. The zero-order valence-electron chi connectivity index (χ0n) is 36.3. The summed E-state index contributed by atoms with van der Waals surface area (Å²) >= 11 is 0. The van der Waals surface area contributed by atoms with Crippen LogP contribution in [-0.2, 0) is 19.1 Å². The number of carbonyl (C=O) groups is 5. The summed E-state index contributed by atoms with van der Waals surface area (Å²) in [6.45, 7) is 9.23. The van der Waals surface area contributed by atoms with Gasteiger partial charge in [-0.25, -0.2) is 14.4 Å². The molecule has 3 atom stereocenters. The van der Waals surface area contributed by atoms with Gasteiger partial charge in [0.25, 0.3) is 17.7 Å². The lowest BCUT2D eigenvalue weighted by molar-refractivity contribution is -0.136. The number of ether oxygens (including phenoxy) is 2. The zero-order valence-corrected chi connectivity index (χ0v) is 36.3. The SMILES string of the molecule is CO[C@@H]1CCN(c2nccc(Nc3cc4c(cn3)c(C(=O)NC3CCN(CCCOC5CN(c6cccc7c6C(=O)N(C6CCC(=O)NC6=O)C7=O)C5)CC3)cn4C(C)C)n2)C[C@@H]1F. The van der Waals surface area contributed by atoms with Crippen LogP contribution < -0.4 is 25.8 Å². The molecule has 18 nitrogen and oxygen atoms in total. The first-order chi connectivity index (χ1) is 30.9. The molecule has 8 heterocycles. The van der Waals surface area contributed by atoms with Gasteiger partial charge in [0, 0.05) is 102 Å². The van der Waals surface area contributed by atoms with Crippen LogP contribution in [-0.4, -0.2) is 149 Å². The summed E-state index contributed by atoms with van der Waals surface area (Å²) in [5, 5.41) is 9.54. The summed E-state index contributed by atoms with van der Waals surface area (Å²) in [7, 11) is 1.53. The average Bonchev–Trinajstić information content (AvgIpc) is 3.78. The fourth-order valence-corrected chi connectivity index (χ4v) is 9.46. The molecule has 1 aromatic carbocycles. The fraction of sp³-hybridized carbons (Fsp3) is 0.511. The molecular formula is C45H54FN11O7. The first-order valence-electron chi connectivity index (χ1n) is 22.2. The minimum Gasteiger partial charge on any atom is -0.378 e. The molecular weight excluding hydrogens is 826 g/mol. The highest BCUT2D eigenvalue weighted by Crippen LogP contribution is 2.36. The summed E-state index contributed by atoms with van der Waals surface area (Å²) in [4.78, 5) is 85.6. The summed E-state index contributed by atoms with van der Waals surface area (Å²) in [5.41, 5.74) is 2.65. The Hall–Kier alpha value is -6.05. The molecule has 1 unspecified atom stereocenters. The van der Waals surface area contributed by atoms with Crippen molar-refractivity contribution in [3.05, 3.63) is 65.6 Å². The van der Waals surface area contributed by atoms with Crippen LogP contribution in [0.2, 0.25) is 0 Å². The molecule has 4 fully saturated rings. The van der Waals surface area contributed by atoms with Gasteiger partial charge in [-0.05, 0) is 64.2 Å². The number of piperidine rings is 3. The number of halogens is 1. The number of pyridine rings is 1. The fourth-order valence-electron chi connectivity index (χ4n) is 9.46. The Kier molecular flexibility index (Phi) is 12.3.